The lowest BCUT2D eigenvalue weighted by atomic mass is 10.1. The molecule has 1 heterocycles. The van der Waals surface area contributed by atoms with E-state index in [0.29, 0.717) is 27.8 Å². The highest BCUT2D eigenvalue weighted by Gasteiger charge is 2.09. The van der Waals surface area contributed by atoms with Crippen molar-refractivity contribution in [2.75, 3.05) is 7.11 Å². The van der Waals surface area contributed by atoms with Gasteiger partial charge < -0.3 is 13.9 Å². The zero-order valence-corrected chi connectivity index (χ0v) is 13.9. The molecule has 1 aromatic heterocycles. The van der Waals surface area contributed by atoms with Gasteiger partial charge in [-0.1, -0.05) is 12.1 Å². The minimum absolute atomic E-state index is 0.0965. The Hall–Kier alpha value is -3.41. The Balaban J connectivity index is 1.75. The van der Waals surface area contributed by atoms with E-state index < -0.39 is 17.4 Å². The smallest absolute Gasteiger partial charge is 0.336 e. The molecule has 3 aromatic rings. The molecule has 26 heavy (non-hydrogen) atoms. The van der Waals surface area contributed by atoms with E-state index in [1.165, 1.54) is 37.5 Å². The largest absolute Gasteiger partial charge is 0.497 e. The number of esters is 1. The van der Waals surface area contributed by atoms with E-state index in [1.807, 2.05) is 0 Å². The van der Waals surface area contributed by atoms with Crippen LogP contribution in [0, 0.1) is 5.82 Å². The SMILES string of the molecule is COc1ccc2c(COC(=O)/C=C/c3cccc(F)c3)cc(=O)oc2c1. The van der Waals surface area contributed by atoms with Crippen molar-refractivity contribution in [3.63, 3.8) is 0 Å². The second-order valence-corrected chi connectivity index (χ2v) is 5.45. The van der Waals surface area contributed by atoms with Crippen molar-refractivity contribution in [3.05, 3.63) is 82.0 Å². The van der Waals surface area contributed by atoms with Gasteiger partial charge in [0.2, 0.25) is 0 Å². The molecular formula is C20H15FO5. The number of ether oxygens (including phenoxy) is 2. The fraction of sp³-hybridized carbons (Fsp3) is 0.100. The van der Waals surface area contributed by atoms with Gasteiger partial charge in [0.15, 0.2) is 0 Å². The first-order valence-electron chi connectivity index (χ1n) is 7.76. The van der Waals surface area contributed by atoms with E-state index >= 15 is 0 Å². The van der Waals surface area contributed by atoms with Gasteiger partial charge in [0, 0.05) is 29.2 Å². The van der Waals surface area contributed by atoms with E-state index in [4.69, 9.17) is 13.9 Å². The van der Waals surface area contributed by atoms with Crippen molar-refractivity contribution < 1.29 is 23.1 Å². The molecule has 0 fully saturated rings. The number of carbonyl (C=O) groups excluding carboxylic acids is 1. The summed E-state index contributed by atoms with van der Waals surface area (Å²) < 4.78 is 28.5. The predicted molar refractivity (Wildman–Crippen MR) is 94.3 cm³/mol. The van der Waals surface area contributed by atoms with Gasteiger partial charge in [-0.3, -0.25) is 0 Å². The minimum Gasteiger partial charge on any atom is -0.497 e. The van der Waals surface area contributed by atoms with E-state index in [1.54, 1.807) is 30.3 Å². The number of methoxy groups -OCH3 is 1. The molecule has 0 aliphatic carbocycles. The maximum absolute atomic E-state index is 13.1. The summed E-state index contributed by atoms with van der Waals surface area (Å²) in [6.07, 6.45) is 2.65. The summed E-state index contributed by atoms with van der Waals surface area (Å²) in [5.41, 5.74) is 0.858. The Morgan fingerprint density at radius 3 is 2.81 bits per heavy atom. The van der Waals surface area contributed by atoms with Crippen LogP contribution in [0.5, 0.6) is 5.75 Å². The first kappa shape index (κ1) is 17.4. The molecule has 0 saturated heterocycles. The molecule has 0 radical (unpaired) electrons. The predicted octanol–water partition coefficient (Wildman–Crippen LogP) is 3.70. The van der Waals surface area contributed by atoms with Crippen LogP contribution in [0.2, 0.25) is 0 Å². The zero-order valence-electron chi connectivity index (χ0n) is 13.9. The van der Waals surface area contributed by atoms with Crippen molar-refractivity contribution in [1.82, 2.24) is 0 Å². The standard InChI is InChI=1S/C20H15FO5/c1-24-16-6-7-17-14(10-20(23)26-18(17)11-16)12-25-19(22)8-5-13-3-2-4-15(21)9-13/h2-11H,12H2,1H3/b8-5+. The average Bonchev–Trinajstić information content (AvgIpc) is 2.63. The third-order valence-electron chi connectivity index (χ3n) is 3.67. The number of hydrogen-bond acceptors (Lipinski definition) is 5. The number of benzene rings is 2. The van der Waals surface area contributed by atoms with Crippen LogP contribution in [0.4, 0.5) is 4.39 Å². The fourth-order valence-corrected chi connectivity index (χ4v) is 2.43. The van der Waals surface area contributed by atoms with Crippen molar-refractivity contribution in [2.45, 2.75) is 6.61 Å². The number of rotatable bonds is 5. The molecule has 0 aliphatic heterocycles. The van der Waals surface area contributed by atoms with Gasteiger partial charge in [-0.15, -0.1) is 0 Å². The van der Waals surface area contributed by atoms with Gasteiger partial charge in [0.25, 0.3) is 0 Å². The summed E-state index contributed by atoms with van der Waals surface area (Å²) in [6, 6.07) is 12.1. The lowest BCUT2D eigenvalue weighted by Gasteiger charge is -2.07. The van der Waals surface area contributed by atoms with Crippen LogP contribution in [-0.4, -0.2) is 13.1 Å². The molecule has 0 spiro atoms. The van der Waals surface area contributed by atoms with Crippen LogP contribution in [0.3, 0.4) is 0 Å². The van der Waals surface area contributed by atoms with Gasteiger partial charge in [-0.2, -0.15) is 0 Å². The normalized spacial score (nSPS) is 11.0. The minimum atomic E-state index is -0.607. The Bertz CT molecular complexity index is 1040. The van der Waals surface area contributed by atoms with Crippen LogP contribution >= 0.6 is 0 Å². The summed E-state index contributed by atoms with van der Waals surface area (Å²) >= 11 is 0. The third kappa shape index (κ3) is 4.16. The van der Waals surface area contributed by atoms with Gasteiger partial charge >= 0.3 is 11.6 Å². The topological polar surface area (TPSA) is 65.7 Å². The third-order valence-corrected chi connectivity index (χ3v) is 3.67. The molecule has 0 unspecified atom stereocenters. The molecule has 0 saturated carbocycles. The highest BCUT2D eigenvalue weighted by atomic mass is 19.1. The van der Waals surface area contributed by atoms with Crippen molar-refractivity contribution in [1.29, 1.82) is 0 Å². The maximum atomic E-state index is 13.1. The van der Waals surface area contributed by atoms with Crippen LogP contribution in [-0.2, 0) is 16.1 Å². The molecule has 0 amide bonds. The molecule has 0 N–H and O–H groups in total. The summed E-state index contributed by atoms with van der Waals surface area (Å²) in [5.74, 6) is -0.449. The highest BCUT2D eigenvalue weighted by molar-refractivity contribution is 5.87. The maximum Gasteiger partial charge on any atom is 0.336 e. The highest BCUT2D eigenvalue weighted by Crippen LogP contribution is 2.23. The molecule has 3 rings (SSSR count). The summed E-state index contributed by atoms with van der Waals surface area (Å²) in [7, 11) is 1.51. The van der Waals surface area contributed by atoms with Gasteiger partial charge in [-0.05, 0) is 35.9 Å². The Kier molecular flexibility index (Phi) is 5.12. The number of halogens is 1. The molecule has 5 nitrogen and oxygen atoms in total. The first-order valence-corrected chi connectivity index (χ1v) is 7.76. The molecule has 0 bridgehead atoms. The van der Waals surface area contributed by atoms with Crippen molar-refractivity contribution >= 4 is 23.0 Å². The number of carbonyl (C=O) groups is 1. The first-order chi connectivity index (χ1) is 12.5. The molecule has 0 atom stereocenters. The van der Waals surface area contributed by atoms with E-state index in [2.05, 4.69) is 0 Å². The Morgan fingerprint density at radius 1 is 1.19 bits per heavy atom. The van der Waals surface area contributed by atoms with Crippen LogP contribution in [0.1, 0.15) is 11.1 Å². The number of hydrogen-bond donors (Lipinski definition) is 0. The molecular weight excluding hydrogens is 339 g/mol. The summed E-state index contributed by atoms with van der Waals surface area (Å²) in [6.45, 7) is -0.0965. The molecule has 132 valence electrons. The Labute approximate surface area is 148 Å². The average molecular weight is 354 g/mol. The van der Waals surface area contributed by atoms with Gasteiger partial charge in [-0.25, -0.2) is 14.0 Å². The molecule has 0 aliphatic rings. The Morgan fingerprint density at radius 2 is 2.04 bits per heavy atom. The monoisotopic (exact) mass is 354 g/mol. The van der Waals surface area contributed by atoms with Crippen molar-refractivity contribution in [2.24, 2.45) is 0 Å². The number of fused-ring (bicyclic) bond motifs is 1. The second-order valence-electron chi connectivity index (χ2n) is 5.45. The van der Waals surface area contributed by atoms with E-state index in [-0.39, 0.29) is 6.61 Å². The lowest BCUT2D eigenvalue weighted by Crippen LogP contribution is -2.05. The fourth-order valence-electron chi connectivity index (χ4n) is 2.43. The van der Waals surface area contributed by atoms with Crippen LogP contribution < -0.4 is 10.4 Å². The van der Waals surface area contributed by atoms with Crippen LogP contribution in [0.15, 0.2) is 63.8 Å². The van der Waals surface area contributed by atoms with E-state index in [9.17, 15) is 14.0 Å². The molecule has 2 aromatic carbocycles. The summed E-state index contributed by atoms with van der Waals surface area (Å²) in [5, 5.41) is 0.646. The van der Waals surface area contributed by atoms with E-state index in [0.717, 1.165) is 0 Å². The van der Waals surface area contributed by atoms with Gasteiger partial charge in [0.05, 0.1) is 7.11 Å². The van der Waals surface area contributed by atoms with Crippen LogP contribution in [0.25, 0.3) is 17.0 Å². The zero-order chi connectivity index (χ0) is 18.5. The quantitative estimate of drug-likeness (QED) is 0.397. The second kappa shape index (κ2) is 7.65. The lowest BCUT2D eigenvalue weighted by molar-refractivity contribution is -0.138. The molecule has 6 heteroatoms. The summed E-state index contributed by atoms with van der Waals surface area (Å²) in [4.78, 5) is 23.6. The van der Waals surface area contributed by atoms with Crippen molar-refractivity contribution in [3.8, 4) is 5.75 Å². The van der Waals surface area contributed by atoms with Gasteiger partial charge in [0.1, 0.15) is 23.8 Å².